The highest BCUT2D eigenvalue weighted by molar-refractivity contribution is 5.57. The summed E-state index contributed by atoms with van der Waals surface area (Å²) in [6.45, 7) is 3.69. The van der Waals surface area contributed by atoms with E-state index in [1.807, 2.05) is 12.1 Å². The Morgan fingerprint density at radius 2 is 2.10 bits per heavy atom. The molecule has 21 heavy (non-hydrogen) atoms. The zero-order chi connectivity index (χ0) is 14.2. The summed E-state index contributed by atoms with van der Waals surface area (Å²) in [6, 6.07) is 5.44. The summed E-state index contributed by atoms with van der Waals surface area (Å²) in [7, 11) is 0. The standard InChI is InChI=1S/C13H15N7O/c14-10-8-11(19-5-3-15-4-6-19)16-13-17-12(18-20(10)13)9-2-1-7-21-9/h1-2,7-8,15H,3-6,14H2. The fourth-order valence-corrected chi connectivity index (χ4v) is 2.44. The minimum absolute atomic E-state index is 0.481. The molecule has 1 aliphatic rings. The van der Waals surface area contributed by atoms with E-state index in [-0.39, 0.29) is 0 Å². The number of hydrogen-bond acceptors (Lipinski definition) is 7. The molecule has 0 aliphatic carbocycles. The molecule has 3 aromatic rings. The number of nitrogens with two attached hydrogens (primary N) is 1. The van der Waals surface area contributed by atoms with Crippen molar-refractivity contribution in [3.05, 3.63) is 24.5 Å². The van der Waals surface area contributed by atoms with Crippen LogP contribution in [-0.2, 0) is 0 Å². The zero-order valence-corrected chi connectivity index (χ0v) is 11.4. The van der Waals surface area contributed by atoms with Crippen LogP contribution < -0.4 is 16.0 Å². The van der Waals surface area contributed by atoms with Crippen molar-refractivity contribution in [2.45, 2.75) is 0 Å². The fourth-order valence-electron chi connectivity index (χ4n) is 2.44. The molecule has 0 atom stereocenters. The van der Waals surface area contributed by atoms with Gasteiger partial charge in [0.1, 0.15) is 11.6 Å². The lowest BCUT2D eigenvalue weighted by molar-refractivity contribution is 0.577. The Balaban J connectivity index is 1.78. The number of anilines is 2. The Bertz CT molecular complexity index is 758. The van der Waals surface area contributed by atoms with Gasteiger partial charge in [0.25, 0.3) is 5.78 Å². The van der Waals surface area contributed by atoms with Gasteiger partial charge in [0, 0.05) is 32.2 Å². The van der Waals surface area contributed by atoms with Gasteiger partial charge in [-0.1, -0.05) is 0 Å². The molecule has 4 rings (SSSR count). The van der Waals surface area contributed by atoms with Crippen LogP contribution in [0.1, 0.15) is 0 Å². The number of fused-ring (bicyclic) bond motifs is 1. The number of nitrogen functional groups attached to an aromatic ring is 1. The molecule has 8 nitrogen and oxygen atoms in total. The second-order valence-corrected chi connectivity index (χ2v) is 4.90. The molecule has 4 heterocycles. The van der Waals surface area contributed by atoms with E-state index in [9.17, 15) is 0 Å². The monoisotopic (exact) mass is 285 g/mol. The molecule has 108 valence electrons. The van der Waals surface area contributed by atoms with Crippen LogP contribution in [0.4, 0.5) is 11.6 Å². The van der Waals surface area contributed by atoms with Crippen molar-refractivity contribution in [1.29, 1.82) is 0 Å². The van der Waals surface area contributed by atoms with Crippen LogP contribution in [-0.4, -0.2) is 45.8 Å². The number of furan rings is 1. The van der Waals surface area contributed by atoms with E-state index in [0.717, 1.165) is 32.0 Å². The molecule has 0 radical (unpaired) electrons. The van der Waals surface area contributed by atoms with E-state index in [0.29, 0.717) is 23.2 Å². The van der Waals surface area contributed by atoms with Gasteiger partial charge in [-0.25, -0.2) is 0 Å². The molecule has 0 bridgehead atoms. The van der Waals surface area contributed by atoms with E-state index in [2.05, 4.69) is 25.3 Å². The maximum atomic E-state index is 6.08. The first-order chi connectivity index (χ1) is 10.3. The van der Waals surface area contributed by atoms with Crippen molar-refractivity contribution >= 4 is 17.4 Å². The molecular formula is C13H15N7O. The Morgan fingerprint density at radius 3 is 2.86 bits per heavy atom. The van der Waals surface area contributed by atoms with Gasteiger partial charge in [-0.05, 0) is 12.1 Å². The quantitative estimate of drug-likeness (QED) is 0.702. The Hall–Kier alpha value is -2.61. The molecule has 8 heteroatoms. The number of hydrogen-bond donors (Lipinski definition) is 2. The smallest absolute Gasteiger partial charge is 0.256 e. The van der Waals surface area contributed by atoms with Crippen LogP contribution in [0, 0.1) is 0 Å². The maximum Gasteiger partial charge on any atom is 0.256 e. The third-order valence-corrected chi connectivity index (χ3v) is 3.51. The van der Waals surface area contributed by atoms with E-state index in [4.69, 9.17) is 10.2 Å². The first kappa shape index (κ1) is 12.2. The van der Waals surface area contributed by atoms with Crippen molar-refractivity contribution in [3.8, 4) is 11.6 Å². The number of nitrogens with one attached hydrogen (secondary N) is 1. The highest BCUT2D eigenvalue weighted by atomic mass is 16.3. The second kappa shape index (κ2) is 4.74. The van der Waals surface area contributed by atoms with Gasteiger partial charge < -0.3 is 20.4 Å². The predicted octanol–water partition coefficient (Wildman–Crippen LogP) is 0.376. The molecule has 0 amide bonds. The minimum Gasteiger partial charge on any atom is -0.461 e. The van der Waals surface area contributed by atoms with Gasteiger partial charge in [-0.3, -0.25) is 0 Å². The molecule has 0 unspecified atom stereocenters. The van der Waals surface area contributed by atoms with Crippen LogP contribution >= 0.6 is 0 Å². The van der Waals surface area contributed by atoms with Crippen molar-refractivity contribution in [3.63, 3.8) is 0 Å². The van der Waals surface area contributed by atoms with E-state index >= 15 is 0 Å². The van der Waals surface area contributed by atoms with E-state index in [1.165, 1.54) is 4.52 Å². The van der Waals surface area contributed by atoms with E-state index in [1.54, 1.807) is 12.3 Å². The molecular weight excluding hydrogens is 270 g/mol. The highest BCUT2D eigenvalue weighted by Crippen LogP contribution is 2.21. The number of nitrogens with zero attached hydrogens (tertiary/aromatic N) is 5. The van der Waals surface area contributed by atoms with Crippen molar-refractivity contribution in [2.75, 3.05) is 36.8 Å². The largest absolute Gasteiger partial charge is 0.461 e. The van der Waals surface area contributed by atoms with Crippen LogP contribution in [0.2, 0.25) is 0 Å². The van der Waals surface area contributed by atoms with Gasteiger partial charge >= 0.3 is 0 Å². The third-order valence-electron chi connectivity index (χ3n) is 3.51. The second-order valence-electron chi connectivity index (χ2n) is 4.90. The van der Waals surface area contributed by atoms with Crippen LogP contribution in [0.15, 0.2) is 28.9 Å². The lowest BCUT2D eigenvalue weighted by atomic mass is 10.3. The van der Waals surface area contributed by atoms with Crippen molar-refractivity contribution in [1.82, 2.24) is 24.9 Å². The Kier molecular flexibility index (Phi) is 2.74. The van der Waals surface area contributed by atoms with Gasteiger partial charge in [0.15, 0.2) is 5.76 Å². The molecule has 3 N–H and O–H groups in total. The first-order valence-electron chi connectivity index (χ1n) is 6.84. The lowest BCUT2D eigenvalue weighted by Crippen LogP contribution is -2.44. The Labute approximate surface area is 120 Å². The van der Waals surface area contributed by atoms with Gasteiger partial charge in [-0.2, -0.15) is 14.5 Å². The molecule has 0 aromatic carbocycles. The molecule has 0 spiro atoms. The maximum absolute atomic E-state index is 6.08. The first-order valence-corrected chi connectivity index (χ1v) is 6.84. The summed E-state index contributed by atoms with van der Waals surface area (Å²) < 4.78 is 6.84. The molecule has 0 saturated carbocycles. The van der Waals surface area contributed by atoms with Crippen LogP contribution in [0.5, 0.6) is 0 Å². The van der Waals surface area contributed by atoms with Crippen molar-refractivity contribution in [2.24, 2.45) is 0 Å². The topological polar surface area (TPSA) is 97.5 Å². The summed E-state index contributed by atoms with van der Waals surface area (Å²) in [6.07, 6.45) is 1.59. The van der Waals surface area contributed by atoms with Gasteiger partial charge in [0.05, 0.1) is 6.26 Å². The minimum atomic E-state index is 0.481. The average Bonchev–Trinajstić information content (AvgIpc) is 3.17. The molecule has 3 aromatic heterocycles. The average molecular weight is 285 g/mol. The normalized spacial score (nSPS) is 15.7. The molecule has 1 aliphatic heterocycles. The molecule has 1 saturated heterocycles. The summed E-state index contributed by atoms with van der Waals surface area (Å²) in [5, 5.41) is 7.65. The summed E-state index contributed by atoms with van der Waals surface area (Å²) in [5.41, 5.74) is 6.08. The number of rotatable bonds is 2. The summed E-state index contributed by atoms with van der Waals surface area (Å²) in [4.78, 5) is 11.1. The number of aromatic nitrogens is 4. The lowest BCUT2D eigenvalue weighted by Gasteiger charge is -2.28. The van der Waals surface area contributed by atoms with Crippen molar-refractivity contribution < 1.29 is 4.42 Å². The Morgan fingerprint density at radius 1 is 1.24 bits per heavy atom. The van der Waals surface area contributed by atoms with Crippen LogP contribution in [0.3, 0.4) is 0 Å². The summed E-state index contributed by atoms with van der Waals surface area (Å²) in [5.74, 6) is 2.91. The fraction of sp³-hybridized carbons (Fsp3) is 0.308. The van der Waals surface area contributed by atoms with E-state index < -0.39 is 0 Å². The molecule has 1 fully saturated rings. The predicted molar refractivity (Wildman–Crippen MR) is 78.0 cm³/mol. The highest BCUT2D eigenvalue weighted by Gasteiger charge is 2.17. The van der Waals surface area contributed by atoms with Gasteiger partial charge in [-0.15, -0.1) is 5.10 Å². The SMILES string of the molecule is Nc1cc(N2CCNCC2)nc2nc(-c3ccco3)nn12. The summed E-state index contributed by atoms with van der Waals surface area (Å²) >= 11 is 0. The zero-order valence-electron chi connectivity index (χ0n) is 11.4. The van der Waals surface area contributed by atoms with Crippen LogP contribution in [0.25, 0.3) is 17.4 Å². The van der Waals surface area contributed by atoms with Gasteiger partial charge in [0.2, 0.25) is 5.82 Å². The number of piperazine rings is 1. The third kappa shape index (κ3) is 2.09.